The fourth-order valence-electron chi connectivity index (χ4n) is 2.40. The Balaban J connectivity index is 1.84. The van der Waals surface area contributed by atoms with Crippen molar-refractivity contribution in [1.29, 1.82) is 0 Å². The van der Waals surface area contributed by atoms with E-state index in [9.17, 15) is 4.79 Å². The summed E-state index contributed by atoms with van der Waals surface area (Å²) in [6.07, 6.45) is 1.98. The van der Waals surface area contributed by atoms with Crippen molar-refractivity contribution < 1.29 is 9.53 Å². The number of carbonyl (C=O) groups excluding carboxylic acids is 1. The Morgan fingerprint density at radius 2 is 2.04 bits per heavy atom. The van der Waals surface area contributed by atoms with Gasteiger partial charge >= 0.3 is 5.97 Å². The predicted octanol–water partition coefficient (Wildman–Crippen LogP) is 3.68. The van der Waals surface area contributed by atoms with E-state index < -0.39 is 0 Å². The summed E-state index contributed by atoms with van der Waals surface area (Å²) >= 11 is 7.89. The van der Waals surface area contributed by atoms with Gasteiger partial charge in [-0.25, -0.2) is 4.98 Å². The summed E-state index contributed by atoms with van der Waals surface area (Å²) < 4.78 is 6.44. The second-order valence-electron chi connectivity index (χ2n) is 5.39. The Morgan fingerprint density at radius 3 is 2.85 bits per heavy atom. The molecule has 3 aromatic rings. The van der Waals surface area contributed by atoms with E-state index in [-0.39, 0.29) is 5.97 Å². The van der Waals surface area contributed by atoms with E-state index in [0.717, 1.165) is 15.8 Å². The van der Waals surface area contributed by atoms with Crippen molar-refractivity contribution in [3.05, 3.63) is 52.9 Å². The fraction of sp³-hybridized carbons (Fsp3) is 0.211. The summed E-state index contributed by atoms with van der Waals surface area (Å²) in [5.74, 6) is 6.41. The molecule has 132 valence electrons. The number of halogens is 1. The Bertz CT molecular complexity index is 1020. The molecule has 2 heterocycles. The number of fused-ring (bicyclic) bond motifs is 1. The molecule has 0 aliphatic carbocycles. The summed E-state index contributed by atoms with van der Waals surface area (Å²) in [4.78, 5) is 16.3. The topological polar surface area (TPSA) is 57.0 Å². The first-order valence-electron chi connectivity index (χ1n) is 7.88. The van der Waals surface area contributed by atoms with Crippen molar-refractivity contribution in [2.24, 2.45) is 7.05 Å². The summed E-state index contributed by atoms with van der Waals surface area (Å²) in [5.41, 5.74) is 2.19. The lowest BCUT2D eigenvalue weighted by molar-refractivity contribution is -0.140. The smallest absolute Gasteiger partial charge is 0.306 e. The standard InChI is InChI=1S/C19H16ClN3O2S/c1-23-16-6-4-3-5-13(16)14(22-23)7-8-15-19(20)17(9-11-21-15)26-12-10-18(24)25-2/h3-6,9,11H,10,12H2,1-2H3. The van der Waals surface area contributed by atoms with Crippen LogP contribution in [0.5, 0.6) is 0 Å². The second kappa shape index (κ2) is 8.26. The van der Waals surface area contributed by atoms with Crippen LogP contribution in [-0.2, 0) is 16.6 Å². The minimum atomic E-state index is -0.246. The van der Waals surface area contributed by atoms with Crippen LogP contribution in [0.15, 0.2) is 41.4 Å². The number of para-hydroxylation sites is 1. The summed E-state index contributed by atoms with van der Waals surface area (Å²) in [5, 5.41) is 5.92. The van der Waals surface area contributed by atoms with E-state index >= 15 is 0 Å². The minimum absolute atomic E-state index is 0.246. The number of carbonyl (C=O) groups is 1. The molecule has 2 aromatic heterocycles. The molecule has 0 saturated carbocycles. The van der Waals surface area contributed by atoms with E-state index in [1.165, 1.54) is 18.9 Å². The first-order chi connectivity index (χ1) is 12.6. The van der Waals surface area contributed by atoms with Gasteiger partial charge in [0, 0.05) is 29.3 Å². The van der Waals surface area contributed by atoms with Gasteiger partial charge in [-0.1, -0.05) is 23.7 Å². The van der Waals surface area contributed by atoms with Crippen LogP contribution in [0.3, 0.4) is 0 Å². The van der Waals surface area contributed by atoms with Crippen LogP contribution in [0.2, 0.25) is 5.02 Å². The first-order valence-corrected chi connectivity index (χ1v) is 9.24. The van der Waals surface area contributed by atoms with Gasteiger partial charge in [-0.3, -0.25) is 9.48 Å². The average Bonchev–Trinajstić information content (AvgIpc) is 2.98. The van der Waals surface area contributed by atoms with Crippen molar-refractivity contribution in [2.75, 3.05) is 12.9 Å². The third-order valence-corrected chi connectivity index (χ3v) is 5.26. The third kappa shape index (κ3) is 4.01. The zero-order valence-corrected chi connectivity index (χ0v) is 15.9. The van der Waals surface area contributed by atoms with Gasteiger partial charge in [0.25, 0.3) is 0 Å². The molecule has 0 spiro atoms. The molecule has 0 aliphatic heterocycles. The van der Waals surface area contributed by atoms with Crippen LogP contribution in [0, 0.1) is 11.8 Å². The molecule has 1 aromatic carbocycles. The van der Waals surface area contributed by atoms with Crippen molar-refractivity contribution in [3.8, 4) is 11.8 Å². The molecule has 3 rings (SSSR count). The fourth-order valence-corrected chi connectivity index (χ4v) is 3.59. The minimum Gasteiger partial charge on any atom is -0.469 e. The molecular weight excluding hydrogens is 370 g/mol. The number of methoxy groups -OCH3 is 1. The lowest BCUT2D eigenvalue weighted by Gasteiger charge is -2.04. The van der Waals surface area contributed by atoms with Crippen LogP contribution in [-0.4, -0.2) is 33.6 Å². The number of rotatable bonds is 4. The highest BCUT2D eigenvalue weighted by Crippen LogP contribution is 2.29. The second-order valence-corrected chi connectivity index (χ2v) is 6.90. The highest BCUT2D eigenvalue weighted by molar-refractivity contribution is 7.99. The monoisotopic (exact) mass is 385 g/mol. The first kappa shape index (κ1) is 18.3. The van der Waals surface area contributed by atoms with Gasteiger partial charge in [0.2, 0.25) is 0 Å². The number of esters is 1. The highest BCUT2D eigenvalue weighted by atomic mass is 35.5. The van der Waals surface area contributed by atoms with E-state index in [1.54, 1.807) is 10.9 Å². The van der Waals surface area contributed by atoms with Crippen LogP contribution >= 0.6 is 23.4 Å². The number of thioether (sulfide) groups is 1. The normalized spacial score (nSPS) is 10.4. The average molecular weight is 386 g/mol. The molecule has 26 heavy (non-hydrogen) atoms. The van der Waals surface area contributed by atoms with Gasteiger partial charge < -0.3 is 4.74 Å². The number of ether oxygens (including phenoxy) is 1. The molecule has 0 amide bonds. The van der Waals surface area contributed by atoms with Crippen LogP contribution in [0.1, 0.15) is 17.8 Å². The van der Waals surface area contributed by atoms with Gasteiger partial charge in [-0.2, -0.15) is 5.10 Å². The quantitative estimate of drug-likeness (QED) is 0.389. The summed E-state index contributed by atoms with van der Waals surface area (Å²) in [6.45, 7) is 0. The Labute approximate surface area is 160 Å². The lowest BCUT2D eigenvalue weighted by Crippen LogP contribution is -2.01. The number of hydrogen-bond donors (Lipinski definition) is 0. The number of benzene rings is 1. The third-order valence-electron chi connectivity index (χ3n) is 3.70. The van der Waals surface area contributed by atoms with Crippen LogP contribution in [0.25, 0.3) is 10.9 Å². The van der Waals surface area contributed by atoms with Crippen molar-refractivity contribution in [1.82, 2.24) is 14.8 Å². The molecule has 0 unspecified atom stereocenters. The largest absolute Gasteiger partial charge is 0.469 e. The molecule has 0 N–H and O–H groups in total. The number of hydrogen-bond acceptors (Lipinski definition) is 5. The van der Waals surface area contributed by atoms with Gasteiger partial charge in [-0.15, -0.1) is 11.8 Å². The highest BCUT2D eigenvalue weighted by Gasteiger charge is 2.09. The SMILES string of the molecule is COC(=O)CCSc1ccnc(C#Cc2nn(C)c3ccccc23)c1Cl. The Morgan fingerprint density at radius 1 is 1.27 bits per heavy atom. The van der Waals surface area contributed by atoms with Crippen LogP contribution in [0.4, 0.5) is 0 Å². The van der Waals surface area contributed by atoms with E-state index in [2.05, 4.69) is 26.7 Å². The van der Waals surface area contributed by atoms with Gasteiger partial charge in [-0.05, 0) is 30.0 Å². The molecule has 0 fully saturated rings. The van der Waals surface area contributed by atoms with Crippen LogP contribution < -0.4 is 0 Å². The maximum absolute atomic E-state index is 11.2. The Kier molecular flexibility index (Phi) is 5.82. The zero-order valence-electron chi connectivity index (χ0n) is 14.3. The summed E-state index contributed by atoms with van der Waals surface area (Å²) in [6, 6.07) is 9.72. The predicted molar refractivity (Wildman–Crippen MR) is 103 cm³/mol. The van der Waals surface area contributed by atoms with E-state index in [4.69, 9.17) is 11.6 Å². The molecule has 0 saturated heterocycles. The van der Waals surface area contributed by atoms with Crippen molar-refractivity contribution in [3.63, 3.8) is 0 Å². The number of nitrogens with zero attached hydrogens (tertiary/aromatic N) is 3. The maximum Gasteiger partial charge on any atom is 0.306 e. The zero-order chi connectivity index (χ0) is 18.5. The van der Waals surface area contributed by atoms with Crippen molar-refractivity contribution >= 4 is 40.2 Å². The lowest BCUT2D eigenvalue weighted by atomic mass is 10.2. The van der Waals surface area contributed by atoms with E-state index in [1.807, 2.05) is 37.4 Å². The molecular formula is C19H16ClN3O2S. The van der Waals surface area contributed by atoms with Crippen molar-refractivity contribution in [2.45, 2.75) is 11.3 Å². The Hall–Kier alpha value is -2.49. The van der Waals surface area contributed by atoms with Gasteiger partial charge in [0.1, 0.15) is 11.4 Å². The number of pyridine rings is 1. The molecule has 0 radical (unpaired) electrons. The van der Waals surface area contributed by atoms with Gasteiger partial charge in [0.05, 0.1) is 24.1 Å². The molecule has 0 atom stereocenters. The summed E-state index contributed by atoms with van der Waals surface area (Å²) in [7, 11) is 3.26. The molecule has 0 bridgehead atoms. The maximum atomic E-state index is 11.2. The van der Waals surface area contributed by atoms with E-state index in [0.29, 0.717) is 28.6 Å². The number of aromatic nitrogens is 3. The molecule has 7 heteroatoms. The molecule has 0 aliphatic rings. The number of aryl methyl sites for hydroxylation is 1. The molecule has 5 nitrogen and oxygen atoms in total. The van der Waals surface area contributed by atoms with Gasteiger partial charge in [0.15, 0.2) is 0 Å².